The molecule has 0 aliphatic heterocycles. The van der Waals surface area contributed by atoms with Gasteiger partial charge >= 0.3 is 0 Å². The Balaban J connectivity index is 2.31. The molecular weight excluding hydrogens is 414 g/mol. The number of halogens is 3. The molecule has 0 fully saturated rings. The zero-order valence-corrected chi connectivity index (χ0v) is 18.2. The smallest absolute Gasteiger partial charge is 0.243 e. The first-order chi connectivity index (χ1) is 13.7. The van der Waals surface area contributed by atoms with Crippen LogP contribution in [0.1, 0.15) is 38.3 Å². The Bertz CT molecular complexity index is 856. The first-order valence-electron chi connectivity index (χ1n) is 9.49. The fourth-order valence-corrected chi connectivity index (χ4v) is 3.49. The molecule has 0 radical (unpaired) electrons. The summed E-state index contributed by atoms with van der Waals surface area (Å²) in [5.74, 6) is -0.825. The molecule has 7 heteroatoms. The largest absolute Gasteiger partial charge is 0.352 e. The Hall–Kier alpha value is -2.11. The van der Waals surface area contributed by atoms with Crippen LogP contribution in [0.4, 0.5) is 4.39 Å². The molecule has 1 atom stereocenters. The maximum atomic E-state index is 13.3. The number of benzene rings is 2. The second-order valence-electron chi connectivity index (χ2n) is 7.15. The van der Waals surface area contributed by atoms with Crippen molar-refractivity contribution in [1.29, 1.82) is 0 Å². The molecule has 0 spiro atoms. The van der Waals surface area contributed by atoms with Gasteiger partial charge in [-0.05, 0) is 55.7 Å². The molecule has 29 heavy (non-hydrogen) atoms. The van der Waals surface area contributed by atoms with Crippen LogP contribution in [0.15, 0.2) is 42.5 Å². The lowest BCUT2D eigenvalue weighted by molar-refractivity contribution is -0.141. The normalized spacial score (nSPS) is 12.0. The predicted octanol–water partition coefficient (Wildman–Crippen LogP) is 5.01. The van der Waals surface area contributed by atoms with Gasteiger partial charge in [-0.15, -0.1) is 0 Å². The van der Waals surface area contributed by atoms with E-state index in [9.17, 15) is 14.0 Å². The fraction of sp³-hybridized carbons (Fsp3) is 0.364. The van der Waals surface area contributed by atoms with Crippen LogP contribution in [0.3, 0.4) is 0 Å². The Labute approximate surface area is 181 Å². The van der Waals surface area contributed by atoms with Gasteiger partial charge in [0.2, 0.25) is 11.8 Å². The van der Waals surface area contributed by atoms with E-state index in [1.165, 1.54) is 17.0 Å². The summed E-state index contributed by atoms with van der Waals surface area (Å²) >= 11 is 12.2. The summed E-state index contributed by atoms with van der Waals surface area (Å²) in [6.07, 6.45) is 0.475. The van der Waals surface area contributed by atoms with Crippen LogP contribution in [0.2, 0.25) is 10.0 Å². The molecule has 0 aromatic heterocycles. The van der Waals surface area contributed by atoms with Crippen LogP contribution in [0, 0.1) is 5.82 Å². The lowest BCUT2D eigenvalue weighted by atomic mass is 10.1. The van der Waals surface area contributed by atoms with Gasteiger partial charge in [0.1, 0.15) is 11.9 Å². The second-order valence-corrected chi connectivity index (χ2v) is 7.99. The zero-order chi connectivity index (χ0) is 21.6. The topological polar surface area (TPSA) is 49.4 Å². The number of amides is 2. The highest BCUT2D eigenvalue weighted by Crippen LogP contribution is 2.23. The molecule has 1 N–H and O–H groups in total. The zero-order valence-electron chi connectivity index (χ0n) is 16.7. The lowest BCUT2D eigenvalue weighted by Crippen LogP contribution is -2.50. The van der Waals surface area contributed by atoms with Gasteiger partial charge in [-0.3, -0.25) is 9.59 Å². The SMILES string of the molecule is CC[C@@H](C(=O)NC(C)C)N(Cc1ccc(F)cc1)C(=O)Cc1ccc(Cl)cc1Cl. The summed E-state index contributed by atoms with van der Waals surface area (Å²) in [6.45, 7) is 5.77. The summed E-state index contributed by atoms with van der Waals surface area (Å²) in [4.78, 5) is 27.4. The van der Waals surface area contributed by atoms with Crippen molar-refractivity contribution in [1.82, 2.24) is 10.2 Å². The molecule has 2 rings (SSSR count). The van der Waals surface area contributed by atoms with Crippen molar-refractivity contribution < 1.29 is 14.0 Å². The summed E-state index contributed by atoms with van der Waals surface area (Å²) in [5.41, 5.74) is 1.36. The van der Waals surface area contributed by atoms with E-state index in [-0.39, 0.29) is 36.6 Å². The minimum Gasteiger partial charge on any atom is -0.352 e. The molecule has 2 aromatic rings. The maximum absolute atomic E-state index is 13.3. The highest BCUT2D eigenvalue weighted by Gasteiger charge is 2.29. The highest BCUT2D eigenvalue weighted by molar-refractivity contribution is 6.35. The van der Waals surface area contributed by atoms with Crippen LogP contribution >= 0.6 is 23.2 Å². The van der Waals surface area contributed by atoms with Crippen molar-refractivity contribution in [2.45, 2.75) is 52.2 Å². The third-order valence-electron chi connectivity index (χ3n) is 4.44. The summed E-state index contributed by atoms with van der Waals surface area (Å²) in [7, 11) is 0. The molecule has 0 unspecified atom stereocenters. The molecule has 2 amide bonds. The number of nitrogens with zero attached hydrogens (tertiary/aromatic N) is 1. The molecule has 0 bridgehead atoms. The van der Waals surface area contributed by atoms with E-state index < -0.39 is 6.04 Å². The summed E-state index contributed by atoms with van der Waals surface area (Å²) in [5, 5.41) is 3.75. The first-order valence-corrected chi connectivity index (χ1v) is 10.2. The van der Waals surface area contributed by atoms with Crippen LogP contribution < -0.4 is 5.32 Å². The lowest BCUT2D eigenvalue weighted by Gasteiger charge is -2.31. The van der Waals surface area contributed by atoms with Gasteiger partial charge in [-0.1, -0.05) is 48.3 Å². The van der Waals surface area contributed by atoms with Crippen molar-refractivity contribution in [2.24, 2.45) is 0 Å². The Morgan fingerprint density at radius 3 is 2.31 bits per heavy atom. The maximum Gasteiger partial charge on any atom is 0.243 e. The van der Waals surface area contributed by atoms with E-state index in [2.05, 4.69) is 5.32 Å². The van der Waals surface area contributed by atoms with Gasteiger partial charge in [0.15, 0.2) is 0 Å². The van der Waals surface area contributed by atoms with Crippen molar-refractivity contribution >= 4 is 35.0 Å². The number of hydrogen-bond acceptors (Lipinski definition) is 2. The number of carbonyl (C=O) groups is 2. The minimum atomic E-state index is -0.652. The molecular formula is C22H25Cl2FN2O2. The molecule has 0 aliphatic rings. The Morgan fingerprint density at radius 2 is 1.76 bits per heavy atom. The van der Waals surface area contributed by atoms with Crippen molar-refractivity contribution in [3.8, 4) is 0 Å². The van der Waals surface area contributed by atoms with Gasteiger partial charge < -0.3 is 10.2 Å². The molecule has 4 nitrogen and oxygen atoms in total. The number of rotatable bonds is 8. The van der Waals surface area contributed by atoms with Gasteiger partial charge in [0.05, 0.1) is 6.42 Å². The second kappa shape index (κ2) is 10.6. The average Bonchev–Trinajstić information content (AvgIpc) is 2.64. The van der Waals surface area contributed by atoms with Crippen LogP contribution in [0.25, 0.3) is 0 Å². The number of nitrogens with one attached hydrogen (secondary N) is 1. The van der Waals surface area contributed by atoms with E-state index in [0.717, 1.165) is 5.56 Å². The minimum absolute atomic E-state index is 0.0304. The van der Waals surface area contributed by atoms with Crippen molar-refractivity contribution in [3.05, 3.63) is 69.5 Å². The third kappa shape index (κ3) is 6.72. The van der Waals surface area contributed by atoms with Gasteiger partial charge in [0.25, 0.3) is 0 Å². The third-order valence-corrected chi connectivity index (χ3v) is 5.03. The van der Waals surface area contributed by atoms with Crippen LogP contribution in [-0.2, 0) is 22.6 Å². The quantitative estimate of drug-likeness (QED) is 0.629. The number of hydrogen-bond donors (Lipinski definition) is 1. The van der Waals surface area contributed by atoms with Gasteiger partial charge in [0, 0.05) is 22.6 Å². The van der Waals surface area contributed by atoms with E-state index in [1.807, 2.05) is 20.8 Å². The van der Waals surface area contributed by atoms with E-state index in [4.69, 9.17) is 23.2 Å². The van der Waals surface area contributed by atoms with E-state index in [0.29, 0.717) is 22.0 Å². The fourth-order valence-electron chi connectivity index (χ4n) is 3.02. The predicted molar refractivity (Wildman–Crippen MR) is 114 cm³/mol. The van der Waals surface area contributed by atoms with Crippen LogP contribution in [0.5, 0.6) is 0 Å². The monoisotopic (exact) mass is 438 g/mol. The average molecular weight is 439 g/mol. The van der Waals surface area contributed by atoms with Crippen molar-refractivity contribution in [2.75, 3.05) is 0 Å². The van der Waals surface area contributed by atoms with Gasteiger partial charge in [-0.25, -0.2) is 4.39 Å². The highest BCUT2D eigenvalue weighted by atomic mass is 35.5. The van der Waals surface area contributed by atoms with E-state index in [1.54, 1.807) is 30.3 Å². The Morgan fingerprint density at radius 1 is 1.10 bits per heavy atom. The molecule has 0 saturated heterocycles. The standard InChI is InChI=1S/C22H25Cl2FN2O2/c1-4-20(22(29)26-14(2)3)27(13-15-5-9-18(25)10-6-15)21(28)11-16-7-8-17(23)12-19(16)24/h5-10,12,14,20H,4,11,13H2,1-3H3,(H,26,29)/t20-/m0/s1. The summed E-state index contributed by atoms with van der Waals surface area (Å²) < 4.78 is 13.3. The molecule has 0 heterocycles. The summed E-state index contributed by atoms with van der Waals surface area (Å²) in [6, 6.07) is 10.1. The molecule has 156 valence electrons. The Kier molecular flexibility index (Phi) is 8.47. The number of carbonyl (C=O) groups excluding carboxylic acids is 2. The van der Waals surface area contributed by atoms with Crippen LogP contribution in [-0.4, -0.2) is 28.8 Å². The first kappa shape index (κ1) is 23.2. The molecule has 0 saturated carbocycles. The van der Waals surface area contributed by atoms with Crippen molar-refractivity contribution in [3.63, 3.8) is 0 Å². The van der Waals surface area contributed by atoms with Gasteiger partial charge in [-0.2, -0.15) is 0 Å². The van der Waals surface area contributed by atoms with E-state index >= 15 is 0 Å². The molecule has 2 aromatic carbocycles. The molecule has 0 aliphatic carbocycles.